The fourth-order valence-electron chi connectivity index (χ4n) is 3.35. The number of likely N-dealkylation sites (tertiary alicyclic amines) is 1. The van der Waals surface area contributed by atoms with Crippen molar-refractivity contribution in [3.63, 3.8) is 0 Å². The first kappa shape index (κ1) is 21.0. The van der Waals surface area contributed by atoms with Gasteiger partial charge in [-0.2, -0.15) is 0 Å². The van der Waals surface area contributed by atoms with Gasteiger partial charge >= 0.3 is 0 Å². The van der Waals surface area contributed by atoms with E-state index in [1.807, 2.05) is 0 Å². The minimum atomic E-state index is 0. The van der Waals surface area contributed by atoms with Gasteiger partial charge in [0.15, 0.2) is 5.96 Å². The molecule has 2 saturated heterocycles. The highest BCUT2D eigenvalue weighted by atomic mass is 127. The second-order valence-corrected chi connectivity index (χ2v) is 7.35. The van der Waals surface area contributed by atoms with E-state index in [-0.39, 0.29) is 24.0 Å². The normalized spacial score (nSPS) is 23.0. The lowest BCUT2D eigenvalue weighted by atomic mass is 9.93. The van der Waals surface area contributed by atoms with Crippen molar-refractivity contribution in [1.29, 1.82) is 0 Å². The monoisotopic (exact) mass is 437 g/mol. The van der Waals surface area contributed by atoms with Crippen LogP contribution in [-0.4, -0.2) is 86.1 Å². The summed E-state index contributed by atoms with van der Waals surface area (Å²) >= 11 is 0. The number of aliphatic imine (C=N–C) groups is 1. The van der Waals surface area contributed by atoms with Crippen molar-refractivity contribution in [3.05, 3.63) is 0 Å². The zero-order valence-electron chi connectivity index (χ0n) is 15.5. The highest BCUT2D eigenvalue weighted by Gasteiger charge is 2.30. The summed E-state index contributed by atoms with van der Waals surface area (Å²) in [5.41, 5.74) is 0.423. The molecule has 5 nitrogen and oxygen atoms in total. The van der Waals surface area contributed by atoms with Crippen LogP contribution in [0.4, 0.5) is 0 Å². The van der Waals surface area contributed by atoms with E-state index in [0.29, 0.717) is 5.41 Å². The summed E-state index contributed by atoms with van der Waals surface area (Å²) in [5.74, 6) is 1.11. The van der Waals surface area contributed by atoms with Gasteiger partial charge in [-0.25, -0.2) is 0 Å². The molecule has 0 spiro atoms. The third-order valence-electron chi connectivity index (χ3n) is 4.90. The quantitative estimate of drug-likeness (QED) is 0.405. The molecule has 2 aliphatic rings. The van der Waals surface area contributed by atoms with Crippen LogP contribution in [0.15, 0.2) is 4.99 Å². The Kier molecular flexibility index (Phi) is 9.15. The lowest BCUT2D eigenvalue weighted by molar-refractivity contribution is 0.140. The number of rotatable bonds is 5. The number of nitrogens with zero attached hydrogens (tertiary/aromatic N) is 4. The van der Waals surface area contributed by atoms with Crippen LogP contribution in [0.25, 0.3) is 0 Å². The summed E-state index contributed by atoms with van der Waals surface area (Å²) in [7, 11) is 0. The zero-order valence-corrected chi connectivity index (χ0v) is 17.8. The summed E-state index contributed by atoms with van der Waals surface area (Å²) in [5, 5.41) is 3.47. The Morgan fingerprint density at radius 2 is 1.70 bits per heavy atom. The van der Waals surface area contributed by atoms with Gasteiger partial charge in [-0.3, -0.25) is 9.89 Å². The summed E-state index contributed by atoms with van der Waals surface area (Å²) in [4.78, 5) is 12.4. The van der Waals surface area contributed by atoms with Gasteiger partial charge in [0.2, 0.25) is 0 Å². The maximum absolute atomic E-state index is 4.87. The molecule has 2 heterocycles. The van der Waals surface area contributed by atoms with E-state index in [4.69, 9.17) is 4.99 Å². The molecule has 0 aliphatic carbocycles. The zero-order chi connectivity index (χ0) is 16.0. The first-order chi connectivity index (χ1) is 10.5. The summed E-state index contributed by atoms with van der Waals surface area (Å²) in [6, 6.07) is 0. The number of likely N-dealkylation sites (N-methyl/N-ethyl adjacent to an activating group) is 1. The van der Waals surface area contributed by atoms with Crippen LogP contribution in [0, 0.1) is 5.41 Å². The first-order valence-electron chi connectivity index (χ1n) is 9.02. The maximum atomic E-state index is 4.87. The largest absolute Gasteiger partial charge is 0.357 e. The van der Waals surface area contributed by atoms with Crippen molar-refractivity contribution in [3.8, 4) is 0 Å². The predicted molar refractivity (Wildman–Crippen MR) is 110 cm³/mol. The SMILES string of the molecule is CCNC(=NCCN1CCN(CC)CC1)N1CCC(C)(C)C1.I. The number of piperazine rings is 1. The van der Waals surface area contributed by atoms with E-state index in [1.165, 1.54) is 39.1 Å². The lowest BCUT2D eigenvalue weighted by Crippen LogP contribution is -2.47. The van der Waals surface area contributed by atoms with Crippen LogP contribution in [0.5, 0.6) is 0 Å². The molecular formula is C17H36IN5. The van der Waals surface area contributed by atoms with Crippen molar-refractivity contribution < 1.29 is 0 Å². The summed E-state index contributed by atoms with van der Waals surface area (Å²) < 4.78 is 0. The van der Waals surface area contributed by atoms with Crippen molar-refractivity contribution in [2.75, 3.05) is 65.4 Å². The van der Waals surface area contributed by atoms with Gasteiger partial charge in [-0.05, 0) is 25.3 Å². The molecule has 0 aromatic rings. The molecule has 2 rings (SSSR count). The third-order valence-corrected chi connectivity index (χ3v) is 4.90. The number of hydrogen-bond acceptors (Lipinski definition) is 3. The molecule has 0 aromatic heterocycles. The lowest BCUT2D eigenvalue weighted by Gasteiger charge is -2.33. The molecule has 1 N–H and O–H groups in total. The Morgan fingerprint density at radius 1 is 1.04 bits per heavy atom. The highest BCUT2D eigenvalue weighted by molar-refractivity contribution is 14.0. The van der Waals surface area contributed by atoms with Gasteiger partial charge in [0.1, 0.15) is 0 Å². The molecule has 23 heavy (non-hydrogen) atoms. The molecule has 0 aromatic carbocycles. The van der Waals surface area contributed by atoms with Crippen molar-refractivity contribution >= 4 is 29.9 Å². The van der Waals surface area contributed by atoms with Crippen LogP contribution in [0.2, 0.25) is 0 Å². The maximum Gasteiger partial charge on any atom is 0.193 e. The molecule has 0 unspecified atom stereocenters. The Hall–Kier alpha value is -0.0800. The average Bonchev–Trinajstić information content (AvgIpc) is 2.87. The smallest absolute Gasteiger partial charge is 0.193 e. The number of guanidine groups is 1. The molecule has 2 fully saturated rings. The van der Waals surface area contributed by atoms with Crippen molar-refractivity contribution in [2.45, 2.75) is 34.1 Å². The molecule has 6 heteroatoms. The molecule has 0 atom stereocenters. The molecule has 2 aliphatic heterocycles. The Labute approximate surface area is 159 Å². The number of nitrogens with one attached hydrogen (secondary N) is 1. The number of hydrogen-bond donors (Lipinski definition) is 1. The molecule has 0 bridgehead atoms. The van der Waals surface area contributed by atoms with E-state index in [0.717, 1.165) is 38.7 Å². The summed E-state index contributed by atoms with van der Waals surface area (Å²) in [6.07, 6.45) is 1.26. The molecule has 0 saturated carbocycles. The van der Waals surface area contributed by atoms with Crippen LogP contribution >= 0.6 is 24.0 Å². The Bertz CT molecular complexity index is 364. The van der Waals surface area contributed by atoms with Gasteiger partial charge in [0.05, 0.1) is 6.54 Å². The molecule has 0 radical (unpaired) electrons. The van der Waals surface area contributed by atoms with Crippen LogP contribution in [0.1, 0.15) is 34.1 Å². The fourth-order valence-corrected chi connectivity index (χ4v) is 3.35. The van der Waals surface area contributed by atoms with Crippen molar-refractivity contribution in [2.24, 2.45) is 10.4 Å². The topological polar surface area (TPSA) is 34.1 Å². The van der Waals surface area contributed by atoms with E-state index in [1.54, 1.807) is 0 Å². The van der Waals surface area contributed by atoms with Gasteiger partial charge in [0, 0.05) is 52.4 Å². The fraction of sp³-hybridized carbons (Fsp3) is 0.941. The number of halogens is 1. The predicted octanol–water partition coefficient (Wildman–Crippen LogP) is 1.94. The highest BCUT2D eigenvalue weighted by Crippen LogP contribution is 2.28. The van der Waals surface area contributed by atoms with Gasteiger partial charge in [-0.15, -0.1) is 24.0 Å². The first-order valence-corrected chi connectivity index (χ1v) is 9.02. The van der Waals surface area contributed by atoms with Crippen LogP contribution in [-0.2, 0) is 0 Å². The van der Waals surface area contributed by atoms with Gasteiger partial charge in [-0.1, -0.05) is 20.8 Å². The minimum absolute atomic E-state index is 0. The van der Waals surface area contributed by atoms with Crippen molar-refractivity contribution in [1.82, 2.24) is 20.0 Å². The molecule has 0 amide bonds. The van der Waals surface area contributed by atoms with Crippen LogP contribution < -0.4 is 5.32 Å². The van der Waals surface area contributed by atoms with Gasteiger partial charge in [0.25, 0.3) is 0 Å². The molecular weight excluding hydrogens is 401 g/mol. The Balaban J connectivity index is 0.00000264. The standard InChI is InChI=1S/C17H35N5.HI/c1-5-18-16(22-9-7-17(3,4)15-22)19-8-10-21-13-11-20(6-2)12-14-21;/h5-15H2,1-4H3,(H,18,19);1H. The molecule has 136 valence electrons. The average molecular weight is 437 g/mol. The van der Waals surface area contributed by atoms with E-state index in [2.05, 4.69) is 47.7 Å². The van der Waals surface area contributed by atoms with Crippen LogP contribution in [0.3, 0.4) is 0 Å². The second kappa shape index (κ2) is 10.0. The summed E-state index contributed by atoms with van der Waals surface area (Å²) in [6.45, 7) is 20.3. The minimum Gasteiger partial charge on any atom is -0.357 e. The van der Waals surface area contributed by atoms with E-state index >= 15 is 0 Å². The second-order valence-electron chi connectivity index (χ2n) is 7.35. The van der Waals surface area contributed by atoms with Gasteiger partial charge < -0.3 is 15.1 Å². The van der Waals surface area contributed by atoms with E-state index in [9.17, 15) is 0 Å². The van der Waals surface area contributed by atoms with E-state index < -0.39 is 0 Å². The Morgan fingerprint density at radius 3 is 2.22 bits per heavy atom. The third kappa shape index (κ3) is 6.74.